The smallest absolute Gasteiger partial charge is 0.0919 e. The van der Waals surface area contributed by atoms with Crippen LogP contribution < -0.4 is 0 Å². The fourth-order valence-corrected chi connectivity index (χ4v) is 11.9. The molecule has 5 saturated carbocycles. The summed E-state index contributed by atoms with van der Waals surface area (Å²) in [6.45, 7) is 19.0. The van der Waals surface area contributed by atoms with Gasteiger partial charge in [0.2, 0.25) is 0 Å². The molecule has 1 aliphatic heterocycles. The van der Waals surface area contributed by atoms with E-state index in [1.54, 1.807) is 0 Å². The van der Waals surface area contributed by atoms with Gasteiger partial charge in [-0.15, -0.1) is 0 Å². The fourth-order valence-electron chi connectivity index (χ4n) is 11.9. The summed E-state index contributed by atoms with van der Waals surface area (Å²) in [5.41, 5.74) is 2.09. The van der Waals surface area contributed by atoms with Crippen LogP contribution in [0.5, 0.6) is 0 Å². The summed E-state index contributed by atoms with van der Waals surface area (Å²) in [5.74, 6) is 4.01. The third kappa shape index (κ3) is 2.51. The molecule has 6 fully saturated rings. The van der Waals surface area contributed by atoms with E-state index < -0.39 is 0 Å². The van der Waals surface area contributed by atoms with Crippen molar-refractivity contribution in [3.63, 3.8) is 0 Å². The Labute approximate surface area is 197 Å². The Hall–Kier alpha value is -0.0800. The first-order chi connectivity index (χ1) is 14.8. The minimum Gasteiger partial charge on any atom is -0.393 e. The number of ether oxygens (including phenoxy) is 1. The lowest BCUT2D eigenvalue weighted by atomic mass is 9.32. The number of hydrogen-bond acceptors (Lipinski definition) is 2. The molecule has 6 rings (SSSR count). The Bertz CT molecular complexity index is 799. The van der Waals surface area contributed by atoms with E-state index in [1.165, 1.54) is 57.8 Å². The van der Waals surface area contributed by atoms with Gasteiger partial charge in [-0.3, -0.25) is 0 Å². The van der Waals surface area contributed by atoms with Gasteiger partial charge in [0.25, 0.3) is 0 Å². The van der Waals surface area contributed by atoms with Crippen LogP contribution in [0.1, 0.15) is 113 Å². The summed E-state index contributed by atoms with van der Waals surface area (Å²) in [7, 11) is 0. The van der Waals surface area contributed by atoms with Crippen molar-refractivity contribution in [2.45, 2.75) is 124 Å². The van der Waals surface area contributed by atoms with E-state index in [2.05, 4.69) is 48.5 Å². The highest BCUT2D eigenvalue weighted by Gasteiger charge is 2.71. The lowest BCUT2D eigenvalue weighted by Gasteiger charge is -2.73. The van der Waals surface area contributed by atoms with Gasteiger partial charge < -0.3 is 9.84 Å². The second-order valence-corrected chi connectivity index (χ2v) is 15.5. The Morgan fingerprint density at radius 2 is 1.38 bits per heavy atom. The minimum atomic E-state index is -0.120. The van der Waals surface area contributed by atoms with Gasteiger partial charge in [0.1, 0.15) is 0 Å². The van der Waals surface area contributed by atoms with Crippen LogP contribution in [-0.2, 0) is 4.74 Å². The molecule has 2 heteroatoms. The molecule has 6 aliphatic rings. The van der Waals surface area contributed by atoms with E-state index >= 15 is 0 Å². The van der Waals surface area contributed by atoms with Gasteiger partial charge in [0.15, 0.2) is 0 Å². The molecule has 11 atom stereocenters. The summed E-state index contributed by atoms with van der Waals surface area (Å²) in [6.07, 6.45) is 13.4. The van der Waals surface area contributed by atoms with Crippen LogP contribution in [-0.4, -0.2) is 23.4 Å². The molecule has 1 saturated heterocycles. The minimum absolute atomic E-state index is 0.0612. The van der Waals surface area contributed by atoms with Gasteiger partial charge in [0, 0.05) is 0 Å². The Balaban J connectivity index is 1.39. The van der Waals surface area contributed by atoms with Gasteiger partial charge in [-0.25, -0.2) is 0 Å². The number of aliphatic hydroxyl groups is 1. The van der Waals surface area contributed by atoms with Crippen LogP contribution in [0.25, 0.3) is 0 Å². The molecule has 32 heavy (non-hydrogen) atoms. The Morgan fingerprint density at radius 3 is 2.06 bits per heavy atom. The zero-order chi connectivity index (χ0) is 22.9. The van der Waals surface area contributed by atoms with Crippen LogP contribution in [0.2, 0.25) is 0 Å². The molecule has 1 heterocycles. The molecule has 182 valence electrons. The quantitative estimate of drug-likeness (QED) is 0.434. The zero-order valence-electron chi connectivity index (χ0n) is 22.1. The highest BCUT2D eigenvalue weighted by Crippen LogP contribution is 2.78. The number of fused-ring (bicyclic) bond motifs is 7. The predicted molar refractivity (Wildman–Crippen MR) is 130 cm³/mol. The number of hydrogen-bond donors (Lipinski definition) is 1. The number of rotatable bonds is 1. The molecule has 1 N–H and O–H groups in total. The van der Waals surface area contributed by atoms with Crippen LogP contribution in [0, 0.1) is 56.7 Å². The number of epoxide rings is 1. The Morgan fingerprint density at radius 1 is 0.656 bits per heavy atom. The molecule has 0 aromatic heterocycles. The molecule has 0 aromatic carbocycles. The van der Waals surface area contributed by atoms with Crippen LogP contribution in [0.3, 0.4) is 0 Å². The zero-order valence-corrected chi connectivity index (χ0v) is 22.1. The highest BCUT2D eigenvalue weighted by molar-refractivity contribution is 5.20. The van der Waals surface area contributed by atoms with Crippen molar-refractivity contribution in [1.29, 1.82) is 0 Å². The van der Waals surface area contributed by atoms with E-state index in [9.17, 15) is 5.11 Å². The van der Waals surface area contributed by atoms with Crippen molar-refractivity contribution in [1.82, 2.24) is 0 Å². The molecular formula is C30H50O2. The largest absolute Gasteiger partial charge is 0.393 e. The normalized spacial score (nSPS) is 63.0. The monoisotopic (exact) mass is 442 g/mol. The van der Waals surface area contributed by atoms with Crippen LogP contribution >= 0.6 is 0 Å². The summed E-state index contributed by atoms with van der Waals surface area (Å²) in [6, 6.07) is 0. The van der Waals surface area contributed by atoms with Gasteiger partial charge in [-0.05, 0) is 128 Å². The van der Waals surface area contributed by atoms with Gasteiger partial charge in [-0.2, -0.15) is 0 Å². The molecule has 0 aromatic rings. The van der Waals surface area contributed by atoms with Crippen molar-refractivity contribution < 1.29 is 9.84 Å². The fraction of sp³-hybridized carbons (Fsp3) is 1.00. The lowest BCUT2D eigenvalue weighted by molar-refractivity contribution is -0.248. The first kappa shape index (κ1) is 22.4. The third-order valence-corrected chi connectivity index (χ3v) is 14.2. The molecule has 0 spiro atoms. The molecule has 0 radical (unpaired) electrons. The van der Waals surface area contributed by atoms with Gasteiger partial charge in [-0.1, -0.05) is 41.5 Å². The SMILES string of the molecule is CC1(C)[C@@H](O)CC[C@]2(C)[C@H]3CC[C@@H]4[C@H]5[C@H]([C@@]6(C)CO6)CC[C@]5(C)CC[C@@]4(C)[C@]3(C)CC[C@@H]12. The van der Waals surface area contributed by atoms with Crippen LogP contribution in [0.15, 0.2) is 0 Å². The predicted octanol–water partition coefficient (Wildman–Crippen LogP) is 7.24. The van der Waals surface area contributed by atoms with Gasteiger partial charge >= 0.3 is 0 Å². The molecule has 5 aliphatic carbocycles. The molecule has 2 nitrogen and oxygen atoms in total. The van der Waals surface area contributed by atoms with Crippen molar-refractivity contribution in [3.8, 4) is 0 Å². The lowest BCUT2D eigenvalue weighted by Crippen LogP contribution is -2.66. The first-order valence-electron chi connectivity index (χ1n) is 14.1. The topological polar surface area (TPSA) is 32.8 Å². The summed E-state index contributed by atoms with van der Waals surface area (Å²) >= 11 is 0. The second-order valence-electron chi connectivity index (χ2n) is 15.5. The van der Waals surface area contributed by atoms with Crippen molar-refractivity contribution in [2.75, 3.05) is 6.61 Å². The first-order valence-corrected chi connectivity index (χ1v) is 14.1. The van der Waals surface area contributed by atoms with E-state index in [1.807, 2.05) is 0 Å². The highest BCUT2D eigenvalue weighted by atomic mass is 16.6. The summed E-state index contributed by atoms with van der Waals surface area (Å²) in [4.78, 5) is 0. The molecule has 0 unspecified atom stereocenters. The maximum absolute atomic E-state index is 10.9. The maximum atomic E-state index is 10.9. The van der Waals surface area contributed by atoms with E-state index in [-0.39, 0.29) is 17.1 Å². The van der Waals surface area contributed by atoms with Gasteiger partial charge in [0.05, 0.1) is 18.3 Å². The third-order valence-electron chi connectivity index (χ3n) is 14.2. The molecule has 0 amide bonds. The van der Waals surface area contributed by atoms with E-state index in [0.717, 1.165) is 36.7 Å². The van der Waals surface area contributed by atoms with Crippen molar-refractivity contribution >= 4 is 0 Å². The number of aliphatic hydroxyl groups excluding tert-OH is 1. The van der Waals surface area contributed by atoms with Crippen molar-refractivity contribution in [2.24, 2.45) is 56.7 Å². The second kappa shape index (κ2) is 6.37. The maximum Gasteiger partial charge on any atom is 0.0919 e. The summed E-state index contributed by atoms with van der Waals surface area (Å²) in [5, 5.41) is 10.9. The van der Waals surface area contributed by atoms with Crippen molar-refractivity contribution in [3.05, 3.63) is 0 Å². The standard InChI is InChI=1S/C30H50O2/c1-25(2)21-11-15-29(6)22(27(21,4)14-12-23(25)31)9-8-19-24-20(30(7)18-32-30)10-13-26(24,3)16-17-28(19,29)5/h19-24,31H,8-18H2,1-7H3/t19-,20-,21+,22-,23+,24+,26-,27+,28-,29-,30-/m1/s1. The summed E-state index contributed by atoms with van der Waals surface area (Å²) < 4.78 is 6.11. The Kier molecular flexibility index (Phi) is 4.46. The van der Waals surface area contributed by atoms with E-state index in [0.29, 0.717) is 27.6 Å². The van der Waals surface area contributed by atoms with E-state index in [4.69, 9.17) is 4.74 Å². The molecule has 0 bridgehead atoms. The molecular weight excluding hydrogens is 392 g/mol. The van der Waals surface area contributed by atoms with Crippen LogP contribution in [0.4, 0.5) is 0 Å². The average molecular weight is 443 g/mol. The average Bonchev–Trinajstić information content (AvgIpc) is 3.36.